The maximum absolute atomic E-state index is 12.7. The molecule has 1 saturated heterocycles. The second-order valence-electron chi connectivity index (χ2n) is 6.00. The highest BCUT2D eigenvalue weighted by Crippen LogP contribution is 2.31. The third-order valence-electron chi connectivity index (χ3n) is 4.21. The second kappa shape index (κ2) is 7.73. The smallest absolute Gasteiger partial charge is 0.416 e. The fourth-order valence-corrected chi connectivity index (χ4v) is 2.73. The molecule has 1 aromatic carbocycles. The van der Waals surface area contributed by atoms with Gasteiger partial charge in [-0.2, -0.15) is 13.2 Å². The predicted octanol–water partition coefficient (Wildman–Crippen LogP) is 2.66. The normalized spacial score (nSPS) is 14.9. The fourth-order valence-electron chi connectivity index (χ4n) is 2.73. The van der Waals surface area contributed by atoms with E-state index in [4.69, 9.17) is 9.15 Å². The lowest BCUT2D eigenvalue weighted by Crippen LogP contribution is -2.51. The van der Waals surface area contributed by atoms with Gasteiger partial charge in [0.15, 0.2) is 6.61 Å². The second-order valence-corrected chi connectivity index (χ2v) is 6.00. The van der Waals surface area contributed by atoms with Crippen LogP contribution in [0.3, 0.4) is 0 Å². The minimum absolute atomic E-state index is 0.0213. The molecule has 0 aliphatic carbocycles. The van der Waals surface area contributed by atoms with E-state index in [1.54, 1.807) is 11.0 Å². The van der Waals surface area contributed by atoms with Crippen molar-refractivity contribution in [2.24, 2.45) is 0 Å². The molecule has 0 spiro atoms. The average molecular weight is 382 g/mol. The Balaban J connectivity index is 1.49. The maximum Gasteiger partial charge on any atom is 0.416 e. The van der Waals surface area contributed by atoms with Crippen molar-refractivity contribution in [2.75, 3.05) is 32.8 Å². The number of rotatable bonds is 4. The Morgan fingerprint density at radius 2 is 1.78 bits per heavy atom. The van der Waals surface area contributed by atoms with Crippen LogP contribution >= 0.6 is 0 Å². The lowest BCUT2D eigenvalue weighted by Gasteiger charge is -2.34. The molecular formula is C18H17F3N2O4. The summed E-state index contributed by atoms with van der Waals surface area (Å²) in [6.07, 6.45) is -1.69. The number of furan rings is 1. The monoisotopic (exact) mass is 382 g/mol. The Morgan fingerprint density at radius 1 is 1.07 bits per heavy atom. The van der Waals surface area contributed by atoms with E-state index in [9.17, 15) is 22.8 Å². The third-order valence-corrected chi connectivity index (χ3v) is 4.21. The van der Waals surface area contributed by atoms with Crippen LogP contribution in [0.4, 0.5) is 13.2 Å². The minimum Gasteiger partial charge on any atom is -0.484 e. The zero-order chi connectivity index (χ0) is 19.4. The molecule has 1 fully saturated rings. The summed E-state index contributed by atoms with van der Waals surface area (Å²) in [5.41, 5.74) is -0.388. The number of piperazine rings is 1. The van der Waals surface area contributed by atoms with Crippen molar-refractivity contribution in [1.82, 2.24) is 9.80 Å². The van der Waals surface area contributed by atoms with Crippen LogP contribution in [0, 0.1) is 0 Å². The van der Waals surface area contributed by atoms with Gasteiger partial charge in [0, 0.05) is 26.2 Å². The molecule has 144 valence electrons. The van der Waals surface area contributed by atoms with E-state index < -0.39 is 11.7 Å². The summed E-state index contributed by atoms with van der Waals surface area (Å²) in [5, 5.41) is 0. The van der Waals surface area contributed by atoms with Gasteiger partial charge < -0.3 is 19.0 Å². The first-order valence-electron chi connectivity index (χ1n) is 8.24. The first-order valence-corrected chi connectivity index (χ1v) is 8.24. The molecule has 27 heavy (non-hydrogen) atoms. The lowest BCUT2D eigenvalue weighted by atomic mass is 10.2. The molecule has 9 heteroatoms. The van der Waals surface area contributed by atoms with Gasteiger partial charge in [0.1, 0.15) is 12.0 Å². The van der Waals surface area contributed by atoms with Crippen molar-refractivity contribution in [2.45, 2.75) is 6.18 Å². The summed E-state index contributed by atoms with van der Waals surface area (Å²) in [5.74, 6) is -0.536. The molecule has 6 nitrogen and oxygen atoms in total. The van der Waals surface area contributed by atoms with E-state index in [-0.39, 0.29) is 24.2 Å². The van der Waals surface area contributed by atoms with Crippen molar-refractivity contribution in [3.05, 3.63) is 54.0 Å². The van der Waals surface area contributed by atoms with Crippen LogP contribution in [-0.4, -0.2) is 54.4 Å². The van der Waals surface area contributed by atoms with Gasteiger partial charge in [0.2, 0.25) is 0 Å². The molecule has 1 aromatic heterocycles. The van der Waals surface area contributed by atoms with Gasteiger partial charge in [-0.3, -0.25) is 9.59 Å². The van der Waals surface area contributed by atoms with E-state index in [1.165, 1.54) is 29.6 Å². The molecule has 0 unspecified atom stereocenters. The standard InChI is InChI=1S/C18H17F3N2O4/c19-18(20,21)14-2-1-3-15(10-14)27-12-16(24)22-5-7-23(8-6-22)17(25)13-4-9-26-11-13/h1-4,9-11H,5-8,12H2. The highest BCUT2D eigenvalue weighted by atomic mass is 19.4. The summed E-state index contributed by atoms with van der Waals surface area (Å²) in [4.78, 5) is 27.6. The summed E-state index contributed by atoms with van der Waals surface area (Å²) in [6, 6.07) is 5.95. The van der Waals surface area contributed by atoms with Gasteiger partial charge in [0.05, 0.1) is 17.4 Å². The lowest BCUT2D eigenvalue weighted by molar-refractivity contribution is -0.137. The number of halogens is 3. The number of alkyl halides is 3. The average Bonchev–Trinajstić information content (AvgIpc) is 3.20. The van der Waals surface area contributed by atoms with Gasteiger partial charge >= 0.3 is 6.18 Å². The first kappa shape index (κ1) is 18.8. The van der Waals surface area contributed by atoms with E-state index in [0.717, 1.165) is 12.1 Å². The third kappa shape index (κ3) is 4.60. The van der Waals surface area contributed by atoms with E-state index in [2.05, 4.69) is 0 Å². The molecule has 0 N–H and O–H groups in total. The van der Waals surface area contributed by atoms with Crippen LogP contribution in [0.5, 0.6) is 5.75 Å². The summed E-state index contributed by atoms with van der Waals surface area (Å²) in [6.45, 7) is 1.01. The topological polar surface area (TPSA) is 63.0 Å². The molecule has 0 atom stereocenters. The molecule has 1 aliphatic heterocycles. The Morgan fingerprint density at radius 3 is 2.41 bits per heavy atom. The van der Waals surface area contributed by atoms with E-state index in [0.29, 0.717) is 31.7 Å². The highest BCUT2D eigenvalue weighted by Gasteiger charge is 2.31. The largest absolute Gasteiger partial charge is 0.484 e. The molecular weight excluding hydrogens is 365 g/mol. The van der Waals surface area contributed by atoms with Crippen molar-refractivity contribution >= 4 is 11.8 Å². The van der Waals surface area contributed by atoms with Crippen LogP contribution in [0.25, 0.3) is 0 Å². The molecule has 3 rings (SSSR count). The molecule has 1 aliphatic rings. The minimum atomic E-state index is -4.47. The van der Waals surface area contributed by atoms with Crippen molar-refractivity contribution < 1.29 is 31.9 Å². The van der Waals surface area contributed by atoms with Crippen LogP contribution in [0.2, 0.25) is 0 Å². The molecule has 0 radical (unpaired) electrons. The number of nitrogens with zero attached hydrogens (tertiary/aromatic N) is 2. The van der Waals surface area contributed by atoms with Crippen molar-refractivity contribution in [3.63, 3.8) is 0 Å². The number of amides is 2. The van der Waals surface area contributed by atoms with Gasteiger partial charge in [-0.1, -0.05) is 6.07 Å². The maximum atomic E-state index is 12.7. The number of hydrogen-bond donors (Lipinski definition) is 0. The highest BCUT2D eigenvalue weighted by molar-refractivity contribution is 5.94. The quantitative estimate of drug-likeness (QED) is 0.816. The van der Waals surface area contributed by atoms with Gasteiger partial charge in [-0.25, -0.2) is 0 Å². The number of carbonyl (C=O) groups excluding carboxylic acids is 2. The number of ether oxygens (including phenoxy) is 1. The Hall–Kier alpha value is -2.97. The number of carbonyl (C=O) groups is 2. The first-order chi connectivity index (χ1) is 12.8. The molecule has 2 aromatic rings. The van der Waals surface area contributed by atoms with Crippen molar-refractivity contribution in [3.8, 4) is 5.75 Å². The fraction of sp³-hybridized carbons (Fsp3) is 0.333. The van der Waals surface area contributed by atoms with Crippen molar-refractivity contribution in [1.29, 1.82) is 0 Å². The van der Waals surface area contributed by atoms with Crippen LogP contribution in [-0.2, 0) is 11.0 Å². The van der Waals surface area contributed by atoms with Crippen LogP contribution in [0.15, 0.2) is 47.3 Å². The van der Waals surface area contributed by atoms with Gasteiger partial charge in [0.25, 0.3) is 11.8 Å². The predicted molar refractivity (Wildman–Crippen MR) is 88.1 cm³/mol. The summed E-state index contributed by atoms with van der Waals surface area (Å²) in [7, 11) is 0. The zero-order valence-electron chi connectivity index (χ0n) is 14.2. The Bertz CT molecular complexity index is 797. The summed E-state index contributed by atoms with van der Waals surface area (Å²) >= 11 is 0. The summed E-state index contributed by atoms with van der Waals surface area (Å²) < 4.78 is 48.2. The van der Waals surface area contributed by atoms with E-state index >= 15 is 0 Å². The molecule has 0 bridgehead atoms. The molecule has 2 amide bonds. The molecule has 0 saturated carbocycles. The van der Waals surface area contributed by atoms with Crippen LogP contribution < -0.4 is 4.74 Å². The number of hydrogen-bond acceptors (Lipinski definition) is 4. The number of benzene rings is 1. The SMILES string of the molecule is O=C(COc1cccc(C(F)(F)F)c1)N1CCN(C(=O)c2ccoc2)CC1. The zero-order valence-corrected chi connectivity index (χ0v) is 14.2. The molecule has 2 heterocycles. The van der Waals surface area contributed by atoms with E-state index in [1.807, 2.05) is 0 Å². The Labute approximate surface area is 153 Å². The Kier molecular flexibility index (Phi) is 5.38. The van der Waals surface area contributed by atoms with Crippen LogP contribution in [0.1, 0.15) is 15.9 Å². The van der Waals surface area contributed by atoms with Gasteiger partial charge in [-0.15, -0.1) is 0 Å². The van der Waals surface area contributed by atoms with Gasteiger partial charge in [-0.05, 0) is 24.3 Å².